The monoisotopic (exact) mass is 321 g/mol. The Labute approximate surface area is 135 Å². The molecule has 0 bridgehead atoms. The lowest BCUT2D eigenvalue weighted by molar-refractivity contribution is -0.145. The second-order valence-corrected chi connectivity index (χ2v) is 7.03. The SMILES string of the molecule is Cc1ccc(SCCC(=O)N2CCCC(C(=O)O)C2)cc1C. The van der Waals surface area contributed by atoms with E-state index >= 15 is 0 Å². The normalized spacial score (nSPS) is 18.3. The van der Waals surface area contributed by atoms with Crippen LogP contribution in [-0.4, -0.2) is 40.7 Å². The summed E-state index contributed by atoms with van der Waals surface area (Å²) >= 11 is 1.68. The van der Waals surface area contributed by atoms with Crippen LogP contribution in [0.4, 0.5) is 0 Å². The number of piperidine rings is 1. The van der Waals surface area contributed by atoms with E-state index in [2.05, 4.69) is 32.0 Å². The van der Waals surface area contributed by atoms with E-state index in [4.69, 9.17) is 5.11 Å². The molecule has 1 unspecified atom stereocenters. The zero-order valence-electron chi connectivity index (χ0n) is 13.2. The summed E-state index contributed by atoms with van der Waals surface area (Å²) in [5.41, 5.74) is 2.53. The van der Waals surface area contributed by atoms with Gasteiger partial charge in [0, 0.05) is 30.2 Å². The van der Waals surface area contributed by atoms with Gasteiger partial charge in [-0.2, -0.15) is 0 Å². The molecule has 1 aromatic carbocycles. The third-order valence-electron chi connectivity index (χ3n) is 4.19. The molecule has 1 fully saturated rings. The number of carbonyl (C=O) groups is 2. The summed E-state index contributed by atoms with van der Waals surface area (Å²) in [5.74, 6) is -0.385. The molecule has 0 radical (unpaired) electrons. The Balaban J connectivity index is 1.79. The molecule has 4 nitrogen and oxygen atoms in total. The number of thioether (sulfide) groups is 1. The number of nitrogens with zero attached hydrogens (tertiary/aromatic N) is 1. The van der Waals surface area contributed by atoms with Crippen LogP contribution in [0.5, 0.6) is 0 Å². The molecule has 0 aromatic heterocycles. The van der Waals surface area contributed by atoms with Gasteiger partial charge in [0.15, 0.2) is 0 Å². The van der Waals surface area contributed by atoms with Gasteiger partial charge in [-0.05, 0) is 49.9 Å². The molecule has 0 spiro atoms. The first-order valence-corrected chi connectivity index (χ1v) is 8.66. The highest BCUT2D eigenvalue weighted by Gasteiger charge is 2.27. The van der Waals surface area contributed by atoms with Crippen LogP contribution in [0, 0.1) is 19.8 Å². The van der Waals surface area contributed by atoms with E-state index < -0.39 is 11.9 Å². The third-order valence-corrected chi connectivity index (χ3v) is 5.18. The molecule has 1 atom stereocenters. The van der Waals surface area contributed by atoms with E-state index in [1.807, 2.05) is 0 Å². The number of carboxylic acids is 1. The number of likely N-dealkylation sites (tertiary alicyclic amines) is 1. The lowest BCUT2D eigenvalue weighted by Crippen LogP contribution is -2.42. The Kier molecular flexibility index (Phi) is 5.89. The standard InChI is InChI=1S/C17H23NO3S/c1-12-5-6-15(10-13(12)2)22-9-7-16(19)18-8-3-4-14(11-18)17(20)21/h5-6,10,14H,3-4,7-9,11H2,1-2H3,(H,20,21). The molecular weight excluding hydrogens is 298 g/mol. The van der Waals surface area contributed by atoms with Gasteiger partial charge in [-0.1, -0.05) is 6.07 Å². The molecule has 1 amide bonds. The summed E-state index contributed by atoms with van der Waals surface area (Å²) < 4.78 is 0. The maximum absolute atomic E-state index is 12.2. The Morgan fingerprint density at radius 1 is 1.32 bits per heavy atom. The summed E-state index contributed by atoms with van der Waals surface area (Å²) in [6.07, 6.45) is 1.92. The number of aryl methyl sites for hydroxylation is 2. The average Bonchev–Trinajstić information content (AvgIpc) is 2.51. The summed E-state index contributed by atoms with van der Waals surface area (Å²) in [6.45, 7) is 5.23. The van der Waals surface area contributed by atoms with Gasteiger partial charge in [-0.25, -0.2) is 0 Å². The predicted molar refractivity (Wildman–Crippen MR) is 88.2 cm³/mol. The number of benzene rings is 1. The molecule has 0 saturated carbocycles. The van der Waals surface area contributed by atoms with E-state index in [0.717, 1.165) is 12.2 Å². The maximum Gasteiger partial charge on any atom is 0.308 e. The summed E-state index contributed by atoms with van der Waals surface area (Å²) in [5, 5.41) is 9.07. The smallest absolute Gasteiger partial charge is 0.308 e. The lowest BCUT2D eigenvalue weighted by atomic mass is 9.98. The molecule has 0 aliphatic carbocycles. The van der Waals surface area contributed by atoms with E-state index in [9.17, 15) is 9.59 Å². The van der Waals surface area contributed by atoms with Crippen molar-refractivity contribution >= 4 is 23.6 Å². The quantitative estimate of drug-likeness (QED) is 0.847. The van der Waals surface area contributed by atoms with Crippen molar-refractivity contribution < 1.29 is 14.7 Å². The number of rotatable bonds is 5. The van der Waals surface area contributed by atoms with Gasteiger partial charge < -0.3 is 10.0 Å². The Hall–Kier alpha value is -1.49. The Bertz CT molecular complexity index is 559. The zero-order valence-corrected chi connectivity index (χ0v) is 14.0. The molecule has 1 saturated heterocycles. The van der Waals surface area contributed by atoms with E-state index in [1.54, 1.807) is 16.7 Å². The van der Waals surface area contributed by atoms with Crippen LogP contribution in [0.3, 0.4) is 0 Å². The van der Waals surface area contributed by atoms with Crippen LogP contribution in [0.25, 0.3) is 0 Å². The fourth-order valence-corrected chi connectivity index (χ4v) is 3.56. The highest BCUT2D eigenvalue weighted by molar-refractivity contribution is 7.99. The minimum atomic E-state index is -0.790. The first-order valence-electron chi connectivity index (χ1n) is 7.68. The number of hydrogen-bond acceptors (Lipinski definition) is 3. The second-order valence-electron chi connectivity index (χ2n) is 5.86. The highest BCUT2D eigenvalue weighted by atomic mass is 32.2. The maximum atomic E-state index is 12.2. The van der Waals surface area contributed by atoms with Crippen LogP contribution in [-0.2, 0) is 9.59 Å². The van der Waals surface area contributed by atoms with Gasteiger partial charge in [0.25, 0.3) is 0 Å². The van der Waals surface area contributed by atoms with Crippen LogP contribution in [0.2, 0.25) is 0 Å². The third kappa shape index (κ3) is 4.50. The topological polar surface area (TPSA) is 57.6 Å². The van der Waals surface area contributed by atoms with Crippen molar-refractivity contribution in [1.29, 1.82) is 0 Å². The number of amides is 1. The van der Waals surface area contributed by atoms with Crippen molar-refractivity contribution in [2.24, 2.45) is 5.92 Å². The van der Waals surface area contributed by atoms with Gasteiger partial charge >= 0.3 is 5.97 Å². The summed E-state index contributed by atoms with van der Waals surface area (Å²) in [6, 6.07) is 6.33. The fourth-order valence-electron chi connectivity index (χ4n) is 2.62. The van der Waals surface area contributed by atoms with E-state index in [1.165, 1.54) is 16.0 Å². The molecule has 1 aliphatic rings. The van der Waals surface area contributed by atoms with Gasteiger partial charge in [0.05, 0.1) is 5.92 Å². The minimum Gasteiger partial charge on any atom is -0.481 e. The molecule has 1 heterocycles. The van der Waals surface area contributed by atoms with Crippen LogP contribution < -0.4 is 0 Å². The summed E-state index contributed by atoms with van der Waals surface area (Å²) in [4.78, 5) is 26.1. The first kappa shape index (κ1) is 16.9. The molecule has 1 N–H and O–H groups in total. The molecule has 120 valence electrons. The van der Waals surface area contributed by atoms with Crippen LogP contribution >= 0.6 is 11.8 Å². The molecule has 2 rings (SSSR count). The van der Waals surface area contributed by atoms with Crippen molar-refractivity contribution in [3.8, 4) is 0 Å². The van der Waals surface area contributed by atoms with Crippen molar-refractivity contribution in [2.45, 2.75) is 38.0 Å². The van der Waals surface area contributed by atoms with Crippen LogP contribution in [0.15, 0.2) is 23.1 Å². The molecular formula is C17H23NO3S. The van der Waals surface area contributed by atoms with E-state index in [0.29, 0.717) is 25.9 Å². The van der Waals surface area contributed by atoms with Gasteiger partial charge in [0.1, 0.15) is 0 Å². The van der Waals surface area contributed by atoms with Gasteiger partial charge in [-0.3, -0.25) is 9.59 Å². The van der Waals surface area contributed by atoms with Crippen molar-refractivity contribution in [1.82, 2.24) is 4.90 Å². The molecule has 5 heteroatoms. The average molecular weight is 321 g/mol. The molecule has 22 heavy (non-hydrogen) atoms. The van der Waals surface area contributed by atoms with Gasteiger partial charge in [0.2, 0.25) is 5.91 Å². The number of carboxylic acid groups (broad SMARTS) is 1. The van der Waals surface area contributed by atoms with Gasteiger partial charge in [-0.15, -0.1) is 11.8 Å². The minimum absolute atomic E-state index is 0.0716. The van der Waals surface area contributed by atoms with Crippen LogP contribution in [0.1, 0.15) is 30.4 Å². The number of aliphatic carboxylic acids is 1. The number of carbonyl (C=O) groups excluding carboxylic acids is 1. The fraction of sp³-hybridized carbons (Fsp3) is 0.529. The molecule has 1 aromatic rings. The zero-order chi connectivity index (χ0) is 16.1. The predicted octanol–water partition coefficient (Wildman–Crippen LogP) is 3.11. The lowest BCUT2D eigenvalue weighted by Gasteiger charge is -2.30. The van der Waals surface area contributed by atoms with Crippen molar-refractivity contribution in [2.75, 3.05) is 18.8 Å². The Morgan fingerprint density at radius 2 is 2.09 bits per heavy atom. The van der Waals surface area contributed by atoms with Crippen molar-refractivity contribution in [3.63, 3.8) is 0 Å². The second kappa shape index (κ2) is 7.68. The summed E-state index contributed by atoms with van der Waals surface area (Å²) in [7, 11) is 0. The highest BCUT2D eigenvalue weighted by Crippen LogP contribution is 2.23. The van der Waals surface area contributed by atoms with E-state index in [-0.39, 0.29) is 5.91 Å². The largest absolute Gasteiger partial charge is 0.481 e. The van der Waals surface area contributed by atoms with Crippen molar-refractivity contribution in [3.05, 3.63) is 29.3 Å². The Morgan fingerprint density at radius 3 is 2.77 bits per heavy atom. The molecule has 1 aliphatic heterocycles. The first-order chi connectivity index (χ1) is 10.5. The number of hydrogen-bond donors (Lipinski definition) is 1.